The number of carbonyl (C=O) groups excluding carboxylic acids is 1. The van der Waals surface area contributed by atoms with Crippen LogP contribution in [-0.2, 0) is 6.42 Å². The Hall–Kier alpha value is -0.580. The topological polar surface area (TPSA) is 29.1 Å². The molecule has 3 heteroatoms. The van der Waals surface area contributed by atoms with Crippen LogP contribution >= 0.6 is 22.6 Å². The van der Waals surface area contributed by atoms with Gasteiger partial charge in [0.05, 0.1) is 0 Å². The maximum Gasteiger partial charge on any atom is 0.251 e. The van der Waals surface area contributed by atoms with Crippen LogP contribution in [0.15, 0.2) is 24.3 Å². The fraction of sp³-hybridized carbons (Fsp3) is 0.462. The second-order valence-electron chi connectivity index (χ2n) is 3.70. The second kappa shape index (κ2) is 7.65. The van der Waals surface area contributed by atoms with E-state index in [1.54, 1.807) is 0 Å². The summed E-state index contributed by atoms with van der Waals surface area (Å²) in [6.07, 6.45) is 3.23. The molecule has 1 N–H and O–H groups in total. The highest BCUT2D eigenvalue weighted by molar-refractivity contribution is 14.1. The first-order valence-electron chi connectivity index (χ1n) is 5.71. The number of benzene rings is 1. The molecule has 0 aliphatic heterocycles. The van der Waals surface area contributed by atoms with Gasteiger partial charge in [0.25, 0.3) is 5.91 Å². The molecule has 2 nitrogen and oxygen atoms in total. The van der Waals surface area contributed by atoms with Crippen molar-refractivity contribution in [2.75, 3.05) is 11.0 Å². The number of halogens is 1. The van der Waals surface area contributed by atoms with Crippen LogP contribution in [0.5, 0.6) is 0 Å². The third kappa shape index (κ3) is 4.51. The summed E-state index contributed by atoms with van der Waals surface area (Å²) in [7, 11) is 0. The Kier molecular flexibility index (Phi) is 6.45. The first-order chi connectivity index (χ1) is 7.77. The van der Waals surface area contributed by atoms with Crippen molar-refractivity contribution in [1.82, 2.24) is 5.32 Å². The van der Waals surface area contributed by atoms with E-state index in [0.29, 0.717) is 0 Å². The quantitative estimate of drug-likeness (QED) is 0.484. The molecule has 0 heterocycles. The van der Waals surface area contributed by atoms with E-state index in [4.69, 9.17) is 0 Å². The van der Waals surface area contributed by atoms with E-state index in [9.17, 15) is 4.79 Å². The summed E-state index contributed by atoms with van der Waals surface area (Å²) in [5.74, 6) is 0.0381. The molecule has 1 aromatic rings. The molecule has 88 valence electrons. The molecule has 0 aliphatic rings. The molecule has 1 amide bonds. The maximum atomic E-state index is 11.7. The van der Waals surface area contributed by atoms with Crippen LogP contribution in [0.4, 0.5) is 0 Å². The van der Waals surface area contributed by atoms with Gasteiger partial charge in [0, 0.05) is 12.1 Å². The van der Waals surface area contributed by atoms with Gasteiger partial charge in [-0.2, -0.15) is 0 Å². The third-order valence-corrected chi connectivity index (χ3v) is 3.23. The van der Waals surface area contributed by atoms with Gasteiger partial charge >= 0.3 is 0 Å². The molecule has 0 radical (unpaired) electrons. The highest BCUT2D eigenvalue weighted by Gasteiger charge is 2.03. The van der Waals surface area contributed by atoms with E-state index in [1.807, 2.05) is 24.3 Å². The highest BCUT2D eigenvalue weighted by Crippen LogP contribution is 2.05. The Balaban J connectivity index is 2.40. The van der Waals surface area contributed by atoms with Gasteiger partial charge in [-0.15, -0.1) is 0 Å². The van der Waals surface area contributed by atoms with Crippen LogP contribution in [0, 0.1) is 0 Å². The minimum absolute atomic E-state index is 0.0381. The van der Waals surface area contributed by atoms with Gasteiger partial charge < -0.3 is 5.32 Å². The lowest BCUT2D eigenvalue weighted by molar-refractivity contribution is 0.0953. The molecule has 0 saturated heterocycles. The number of amides is 1. The summed E-state index contributed by atoms with van der Waals surface area (Å²) in [6, 6.07) is 7.82. The zero-order valence-corrected chi connectivity index (χ0v) is 11.8. The van der Waals surface area contributed by atoms with Crippen molar-refractivity contribution >= 4 is 28.5 Å². The predicted octanol–water partition coefficient (Wildman–Crippen LogP) is 3.19. The van der Waals surface area contributed by atoms with Crippen molar-refractivity contribution in [2.45, 2.75) is 26.2 Å². The summed E-state index contributed by atoms with van der Waals surface area (Å²) in [5, 5.41) is 2.93. The number of nitrogens with one attached hydrogen (secondary N) is 1. The van der Waals surface area contributed by atoms with E-state index in [2.05, 4.69) is 34.8 Å². The van der Waals surface area contributed by atoms with Crippen LogP contribution in [0.2, 0.25) is 0 Å². The first-order valence-corrected chi connectivity index (χ1v) is 7.23. The largest absolute Gasteiger partial charge is 0.352 e. The minimum Gasteiger partial charge on any atom is -0.352 e. The Bertz CT molecular complexity index is 321. The Morgan fingerprint density at radius 3 is 2.50 bits per heavy atom. The van der Waals surface area contributed by atoms with Crippen LogP contribution in [-0.4, -0.2) is 16.9 Å². The van der Waals surface area contributed by atoms with E-state index in [0.717, 1.165) is 35.8 Å². The lowest BCUT2D eigenvalue weighted by Crippen LogP contribution is -2.24. The molecule has 0 bridgehead atoms. The summed E-state index contributed by atoms with van der Waals surface area (Å²) in [4.78, 5) is 11.7. The Morgan fingerprint density at radius 2 is 1.94 bits per heavy atom. The van der Waals surface area contributed by atoms with Crippen molar-refractivity contribution < 1.29 is 4.79 Å². The van der Waals surface area contributed by atoms with E-state index >= 15 is 0 Å². The number of unbranched alkanes of at least 4 members (excludes halogenated alkanes) is 1. The number of hydrogen-bond donors (Lipinski definition) is 1. The standard InChI is InChI=1S/C13H18INO/c1-2-11-5-7-12(8-6-11)13(16)15-10-4-3-9-14/h5-8H,2-4,9-10H2,1H3,(H,15,16). The Labute approximate surface area is 111 Å². The van der Waals surface area contributed by atoms with E-state index in [-0.39, 0.29) is 5.91 Å². The number of rotatable bonds is 6. The molecule has 0 atom stereocenters. The molecular formula is C13H18INO. The van der Waals surface area contributed by atoms with Crippen molar-refractivity contribution in [3.63, 3.8) is 0 Å². The van der Waals surface area contributed by atoms with Gasteiger partial charge in [-0.25, -0.2) is 0 Å². The summed E-state index contributed by atoms with van der Waals surface area (Å²) >= 11 is 2.35. The minimum atomic E-state index is 0.0381. The fourth-order valence-electron chi connectivity index (χ4n) is 1.42. The SMILES string of the molecule is CCc1ccc(C(=O)NCCCCI)cc1. The number of alkyl halides is 1. The monoisotopic (exact) mass is 331 g/mol. The zero-order chi connectivity index (χ0) is 11.8. The van der Waals surface area contributed by atoms with Gasteiger partial charge in [-0.05, 0) is 41.4 Å². The first kappa shape index (κ1) is 13.5. The van der Waals surface area contributed by atoms with Crippen molar-refractivity contribution in [1.29, 1.82) is 0 Å². The van der Waals surface area contributed by atoms with Crippen molar-refractivity contribution in [3.05, 3.63) is 35.4 Å². The fourth-order valence-corrected chi connectivity index (χ4v) is 1.95. The Morgan fingerprint density at radius 1 is 1.25 bits per heavy atom. The number of hydrogen-bond acceptors (Lipinski definition) is 1. The van der Waals surface area contributed by atoms with Crippen LogP contribution < -0.4 is 5.32 Å². The molecule has 1 aromatic carbocycles. The molecule has 0 spiro atoms. The molecule has 16 heavy (non-hydrogen) atoms. The van der Waals surface area contributed by atoms with Gasteiger partial charge in [0.1, 0.15) is 0 Å². The van der Waals surface area contributed by atoms with Gasteiger partial charge in [-0.1, -0.05) is 41.6 Å². The maximum absolute atomic E-state index is 11.7. The smallest absolute Gasteiger partial charge is 0.251 e. The van der Waals surface area contributed by atoms with Gasteiger partial charge in [0.15, 0.2) is 0 Å². The second-order valence-corrected chi connectivity index (χ2v) is 4.78. The molecular weight excluding hydrogens is 313 g/mol. The lowest BCUT2D eigenvalue weighted by atomic mass is 10.1. The van der Waals surface area contributed by atoms with Crippen LogP contribution in [0.25, 0.3) is 0 Å². The van der Waals surface area contributed by atoms with E-state index in [1.165, 1.54) is 5.56 Å². The van der Waals surface area contributed by atoms with Crippen LogP contribution in [0.1, 0.15) is 35.7 Å². The summed E-state index contributed by atoms with van der Waals surface area (Å²) < 4.78 is 1.15. The summed E-state index contributed by atoms with van der Waals surface area (Å²) in [5.41, 5.74) is 2.02. The van der Waals surface area contributed by atoms with Gasteiger partial charge in [-0.3, -0.25) is 4.79 Å². The molecule has 0 saturated carbocycles. The molecule has 0 unspecified atom stereocenters. The summed E-state index contributed by atoms with van der Waals surface area (Å²) in [6.45, 7) is 2.89. The zero-order valence-electron chi connectivity index (χ0n) is 9.63. The average molecular weight is 331 g/mol. The number of aryl methyl sites for hydroxylation is 1. The molecule has 1 rings (SSSR count). The molecule has 0 fully saturated rings. The molecule has 0 aromatic heterocycles. The van der Waals surface area contributed by atoms with Crippen molar-refractivity contribution in [3.8, 4) is 0 Å². The van der Waals surface area contributed by atoms with E-state index < -0.39 is 0 Å². The third-order valence-electron chi connectivity index (χ3n) is 2.47. The van der Waals surface area contributed by atoms with Crippen LogP contribution in [0.3, 0.4) is 0 Å². The predicted molar refractivity (Wildman–Crippen MR) is 76.3 cm³/mol. The molecule has 0 aliphatic carbocycles. The lowest BCUT2D eigenvalue weighted by Gasteiger charge is -2.05. The van der Waals surface area contributed by atoms with Crippen molar-refractivity contribution in [2.24, 2.45) is 0 Å². The van der Waals surface area contributed by atoms with Gasteiger partial charge in [0.2, 0.25) is 0 Å². The average Bonchev–Trinajstić information content (AvgIpc) is 2.34. The number of carbonyl (C=O) groups is 1. The normalized spacial score (nSPS) is 10.1. The highest BCUT2D eigenvalue weighted by atomic mass is 127.